The third kappa shape index (κ3) is 3.29. The summed E-state index contributed by atoms with van der Waals surface area (Å²) in [6.45, 7) is 0.167. The molecular weight excluding hydrogens is 368 g/mol. The van der Waals surface area contributed by atoms with Gasteiger partial charge in [0, 0.05) is 9.90 Å². The van der Waals surface area contributed by atoms with E-state index >= 15 is 0 Å². The van der Waals surface area contributed by atoms with Gasteiger partial charge in [-0.2, -0.15) is 0 Å². The summed E-state index contributed by atoms with van der Waals surface area (Å²) in [4.78, 5) is 18.1. The molecule has 0 radical (unpaired) electrons. The number of hydrogen-bond donors (Lipinski definition) is 1. The lowest BCUT2D eigenvalue weighted by molar-refractivity contribution is 0.155. The van der Waals surface area contributed by atoms with Gasteiger partial charge in [0.2, 0.25) is 0 Å². The number of thiophene rings is 1. The van der Waals surface area contributed by atoms with Crippen LogP contribution in [0, 0.1) is 0 Å². The van der Waals surface area contributed by atoms with E-state index in [-0.39, 0.29) is 12.1 Å². The van der Waals surface area contributed by atoms with Crippen LogP contribution in [-0.2, 0) is 6.54 Å². The Hall–Kier alpha value is -2.47. The van der Waals surface area contributed by atoms with Gasteiger partial charge in [0.05, 0.1) is 24.5 Å². The van der Waals surface area contributed by atoms with E-state index in [2.05, 4.69) is 4.98 Å². The van der Waals surface area contributed by atoms with Crippen molar-refractivity contribution in [1.82, 2.24) is 9.55 Å². The topological polar surface area (TPSA) is 55.1 Å². The lowest BCUT2D eigenvalue weighted by Gasteiger charge is -2.12. The first-order chi connectivity index (χ1) is 12.6. The van der Waals surface area contributed by atoms with Crippen LogP contribution in [0.25, 0.3) is 20.7 Å². The molecule has 0 bridgehead atoms. The summed E-state index contributed by atoms with van der Waals surface area (Å²) in [7, 11) is 0. The van der Waals surface area contributed by atoms with Crippen molar-refractivity contribution in [1.29, 1.82) is 0 Å². The van der Waals surface area contributed by atoms with Crippen LogP contribution in [0.5, 0.6) is 0 Å². The van der Waals surface area contributed by atoms with Crippen molar-refractivity contribution in [3.63, 3.8) is 0 Å². The second-order valence-corrected chi connectivity index (χ2v) is 7.45. The molecule has 0 saturated carbocycles. The number of aliphatic hydroxyl groups excluding tert-OH is 1. The fraction of sp³-hybridized carbons (Fsp3) is 0.100. The standard InChI is InChI=1S/C20H15ClN2O2S/c21-15-8-6-14(7-9-15)18-10-16-19(26-18)20(25)23(12-22-16)11-17(24)13-4-2-1-3-5-13/h1-10,12,17,24H,11H2. The summed E-state index contributed by atoms with van der Waals surface area (Å²) < 4.78 is 2.04. The SMILES string of the molecule is O=c1c2sc(-c3ccc(Cl)cc3)cc2ncn1CC(O)c1ccccc1. The van der Waals surface area contributed by atoms with Crippen molar-refractivity contribution in [3.8, 4) is 10.4 Å². The highest BCUT2D eigenvalue weighted by Crippen LogP contribution is 2.31. The summed E-state index contributed by atoms with van der Waals surface area (Å²) in [5.41, 5.74) is 2.28. The molecule has 4 rings (SSSR count). The highest BCUT2D eigenvalue weighted by atomic mass is 35.5. The molecule has 0 aliphatic heterocycles. The third-order valence-electron chi connectivity index (χ3n) is 4.19. The van der Waals surface area contributed by atoms with E-state index in [1.807, 2.05) is 60.7 Å². The number of nitrogens with zero attached hydrogens (tertiary/aromatic N) is 2. The maximum absolute atomic E-state index is 12.8. The van der Waals surface area contributed by atoms with Crippen LogP contribution in [0.2, 0.25) is 5.02 Å². The minimum atomic E-state index is -0.760. The molecule has 2 aromatic heterocycles. The second kappa shape index (κ2) is 7.03. The number of aliphatic hydroxyl groups is 1. The van der Waals surface area contributed by atoms with E-state index in [1.165, 1.54) is 22.2 Å². The summed E-state index contributed by atoms with van der Waals surface area (Å²) >= 11 is 7.34. The molecule has 4 aromatic rings. The van der Waals surface area contributed by atoms with Gasteiger partial charge < -0.3 is 5.11 Å². The lowest BCUT2D eigenvalue weighted by Crippen LogP contribution is -2.23. The largest absolute Gasteiger partial charge is 0.387 e. The molecule has 0 aliphatic rings. The Labute approximate surface area is 159 Å². The fourth-order valence-electron chi connectivity index (χ4n) is 2.80. The number of benzene rings is 2. The van der Waals surface area contributed by atoms with E-state index < -0.39 is 6.10 Å². The van der Waals surface area contributed by atoms with E-state index in [0.29, 0.717) is 15.2 Å². The van der Waals surface area contributed by atoms with Crippen LogP contribution in [0.15, 0.2) is 71.8 Å². The van der Waals surface area contributed by atoms with Crippen molar-refractivity contribution >= 4 is 33.2 Å². The van der Waals surface area contributed by atoms with E-state index in [4.69, 9.17) is 11.6 Å². The van der Waals surface area contributed by atoms with Crippen molar-refractivity contribution in [2.75, 3.05) is 0 Å². The maximum Gasteiger partial charge on any atom is 0.271 e. The first kappa shape index (κ1) is 17.0. The molecule has 1 atom stereocenters. The van der Waals surface area contributed by atoms with Crippen molar-refractivity contribution in [2.24, 2.45) is 0 Å². The quantitative estimate of drug-likeness (QED) is 0.565. The van der Waals surface area contributed by atoms with E-state index in [9.17, 15) is 9.90 Å². The number of fused-ring (bicyclic) bond motifs is 1. The van der Waals surface area contributed by atoms with Crippen molar-refractivity contribution in [2.45, 2.75) is 12.6 Å². The van der Waals surface area contributed by atoms with Gasteiger partial charge in [-0.3, -0.25) is 9.36 Å². The smallest absolute Gasteiger partial charge is 0.271 e. The Balaban J connectivity index is 1.69. The van der Waals surface area contributed by atoms with Gasteiger partial charge >= 0.3 is 0 Å². The van der Waals surface area contributed by atoms with Crippen LogP contribution in [-0.4, -0.2) is 14.7 Å². The molecule has 26 heavy (non-hydrogen) atoms. The van der Waals surface area contributed by atoms with Gasteiger partial charge in [-0.15, -0.1) is 11.3 Å². The first-order valence-corrected chi connectivity index (χ1v) is 9.29. The minimum absolute atomic E-state index is 0.143. The first-order valence-electron chi connectivity index (χ1n) is 8.10. The Morgan fingerprint density at radius 3 is 2.58 bits per heavy atom. The van der Waals surface area contributed by atoms with Gasteiger partial charge in [0.15, 0.2) is 0 Å². The van der Waals surface area contributed by atoms with E-state index in [0.717, 1.165) is 16.0 Å². The van der Waals surface area contributed by atoms with Crippen molar-refractivity contribution in [3.05, 3.63) is 87.9 Å². The highest BCUT2D eigenvalue weighted by molar-refractivity contribution is 7.22. The molecule has 6 heteroatoms. The van der Waals surface area contributed by atoms with Gasteiger partial charge in [-0.1, -0.05) is 54.1 Å². The predicted octanol–water partition coefficient (Wildman–Crippen LogP) is 4.51. The molecule has 2 heterocycles. The molecule has 1 unspecified atom stereocenters. The van der Waals surface area contributed by atoms with Crippen LogP contribution >= 0.6 is 22.9 Å². The Morgan fingerprint density at radius 1 is 1.12 bits per heavy atom. The number of rotatable bonds is 4. The average molecular weight is 383 g/mol. The molecule has 4 nitrogen and oxygen atoms in total. The summed E-state index contributed by atoms with van der Waals surface area (Å²) in [5.74, 6) is 0. The summed E-state index contributed by atoms with van der Waals surface area (Å²) in [5, 5.41) is 11.1. The zero-order valence-electron chi connectivity index (χ0n) is 13.7. The maximum atomic E-state index is 12.8. The van der Waals surface area contributed by atoms with Gasteiger partial charge in [-0.25, -0.2) is 4.98 Å². The lowest BCUT2D eigenvalue weighted by atomic mass is 10.1. The third-order valence-corrected chi connectivity index (χ3v) is 5.60. The van der Waals surface area contributed by atoms with Crippen LogP contribution in [0.4, 0.5) is 0 Å². The molecule has 0 amide bonds. The van der Waals surface area contributed by atoms with Crippen molar-refractivity contribution < 1.29 is 5.11 Å². The Bertz CT molecular complexity index is 1100. The normalized spacial score (nSPS) is 12.4. The Morgan fingerprint density at radius 2 is 1.85 bits per heavy atom. The molecule has 0 saturated heterocycles. The molecule has 130 valence electrons. The number of halogens is 1. The molecule has 0 spiro atoms. The fourth-order valence-corrected chi connectivity index (χ4v) is 3.99. The number of aromatic nitrogens is 2. The summed E-state index contributed by atoms with van der Waals surface area (Å²) in [6, 6.07) is 18.7. The highest BCUT2D eigenvalue weighted by Gasteiger charge is 2.14. The molecule has 1 N–H and O–H groups in total. The van der Waals surface area contributed by atoms with Gasteiger partial charge in [0.1, 0.15) is 4.70 Å². The summed E-state index contributed by atoms with van der Waals surface area (Å²) in [6.07, 6.45) is 0.735. The molecule has 0 fully saturated rings. The van der Waals surface area contributed by atoms with Crippen LogP contribution in [0.3, 0.4) is 0 Å². The second-order valence-electron chi connectivity index (χ2n) is 5.96. The molecule has 2 aromatic carbocycles. The zero-order valence-corrected chi connectivity index (χ0v) is 15.2. The van der Waals surface area contributed by atoms with Gasteiger partial charge in [-0.05, 0) is 29.3 Å². The molecule has 0 aliphatic carbocycles. The monoisotopic (exact) mass is 382 g/mol. The Kier molecular flexibility index (Phi) is 4.59. The average Bonchev–Trinajstić information content (AvgIpc) is 3.10. The number of hydrogen-bond acceptors (Lipinski definition) is 4. The van der Waals surface area contributed by atoms with Gasteiger partial charge in [0.25, 0.3) is 5.56 Å². The zero-order chi connectivity index (χ0) is 18.1. The minimum Gasteiger partial charge on any atom is -0.387 e. The predicted molar refractivity (Wildman–Crippen MR) is 106 cm³/mol. The van der Waals surface area contributed by atoms with Crippen LogP contribution in [0.1, 0.15) is 11.7 Å². The van der Waals surface area contributed by atoms with E-state index in [1.54, 1.807) is 0 Å². The molecular formula is C20H15ClN2O2S. The van der Waals surface area contributed by atoms with Crippen LogP contribution < -0.4 is 5.56 Å².